The Morgan fingerprint density at radius 1 is 0.242 bits per heavy atom. The number of fused-ring (bicyclic) bond motifs is 6. The fourth-order valence-electron chi connectivity index (χ4n) is 9.10. The molecule has 9 aromatic carbocycles. The van der Waals surface area contributed by atoms with Crippen LogP contribution in [0, 0.1) is 0 Å². The number of hydrogen-bond donors (Lipinski definition) is 0. The first-order chi connectivity index (χ1) is 30.7. The molecule has 0 N–H and O–H groups in total. The van der Waals surface area contributed by atoms with E-state index in [9.17, 15) is 0 Å². The summed E-state index contributed by atoms with van der Waals surface area (Å²) in [7, 11) is 0. The molecule has 5 heteroatoms. The lowest BCUT2D eigenvalue weighted by Crippen LogP contribution is -2.10. The van der Waals surface area contributed by atoms with Crippen molar-refractivity contribution in [1.29, 1.82) is 0 Å². The molecule has 0 radical (unpaired) electrons. The zero-order chi connectivity index (χ0) is 41.0. The van der Waals surface area contributed by atoms with Crippen molar-refractivity contribution >= 4 is 43.6 Å². The topological polar surface area (TPSA) is 48.5 Å². The molecular formula is C57H37N5. The van der Waals surface area contributed by atoms with Crippen molar-refractivity contribution in [1.82, 2.24) is 24.1 Å². The van der Waals surface area contributed by atoms with E-state index < -0.39 is 0 Å². The maximum Gasteiger partial charge on any atom is 0.240 e. The molecule has 12 aromatic rings. The zero-order valence-corrected chi connectivity index (χ0v) is 33.6. The monoisotopic (exact) mass is 791 g/mol. The van der Waals surface area contributed by atoms with Crippen molar-refractivity contribution in [2.45, 2.75) is 0 Å². The van der Waals surface area contributed by atoms with E-state index in [-0.39, 0.29) is 0 Å². The van der Waals surface area contributed by atoms with Gasteiger partial charge in [-0.2, -0.15) is 15.0 Å². The smallest absolute Gasteiger partial charge is 0.240 e. The fraction of sp³-hybridized carbons (Fsp3) is 0. The van der Waals surface area contributed by atoms with Crippen LogP contribution in [0.15, 0.2) is 224 Å². The van der Waals surface area contributed by atoms with E-state index in [2.05, 4.69) is 234 Å². The van der Waals surface area contributed by atoms with Gasteiger partial charge in [0.2, 0.25) is 11.9 Å². The second kappa shape index (κ2) is 14.7. The Morgan fingerprint density at radius 2 is 0.645 bits per heavy atom. The number of benzene rings is 9. The lowest BCUT2D eigenvalue weighted by molar-refractivity contribution is 0.893. The van der Waals surface area contributed by atoms with E-state index in [1.54, 1.807) is 0 Å². The second-order valence-corrected chi connectivity index (χ2v) is 15.6. The Hall–Kier alpha value is -8.41. The molecule has 0 aliphatic rings. The van der Waals surface area contributed by atoms with Gasteiger partial charge in [0.1, 0.15) is 0 Å². The summed E-state index contributed by atoms with van der Waals surface area (Å²) in [6.45, 7) is 0. The Labute approximate surface area is 358 Å². The summed E-state index contributed by atoms with van der Waals surface area (Å²) >= 11 is 0. The first-order valence-electron chi connectivity index (χ1n) is 20.9. The molecular weight excluding hydrogens is 755 g/mol. The van der Waals surface area contributed by atoms with E-state index in [0.29, 0.717) is 17.7 Å². The van der Waals surface area contributed by atoms with Gasteiger partial charge in [0.05, 0.1) is 22.1 Å². The number of para-hydroxylation sites is 3. The summed E-state index contributed by atoms with van der Waals surface area (Å²) in [4.78, 5) is 16.1. The predicted molar refractivity (Wildman–Crippen MR) is 256 cm³/mol. The van der Waals surface area contributed by atoms with Crippen molar-refractivity contribution in [3.05, 3.63) is 224 Å². The number of rotatable bonds is 7. The predicted octanol–water partition coefficient (Wildman–Crippen LogP) is 14.4. The van der Waals surface area contributed by atoms with Crippen molar-refractivity contribution in [3.63, 3.8) is 0 Å². The molecule has 62 heavy (non-hydrogen) atoms. The first kappa shape index (κ1) is 35.5. The summed E-state index contributed by atoms with van der Waals surface area (Å²) in [6, 6.07) is 79.3. The van der Waals surface area contributed by atoms with Gasteiger partial charge in [-0.1, -0.05) is 194 Å². The van der Waals surface area contributed by atoms with Crippen molar-refractivity contribution in [3.8, 4) is 67.8 Å². The minimum absolute atomic E-state index is 0.552. The summed E-state index contributed by atoms with van der Waals surface area (Å²) in [5.41, 5.74) is 14.3. The van der Waals surface area contributed by atoms with Crippen LogP contribution in [0.1, 0.15) is 0 Å². The highest BCUT2D eigenvalue weighted by Crippen LogP contribution is 2.38. The number of hydrogen-bond acceptors (Lipinski definition) is 3. The maximum atomic E-state index is 5.39. The number of nitrogens with zero attached hydrogens (tertiary/aromatic N) is 5. The van der Waals surface area contributed by atoms with Crippen LogP contribution in [0.2, 0.25) is 0 Å². The van der Waals surface area contributed by atoms with Crippen molar-refractivity contribution in [2.24, 2.45) is 0 Å². The highest BCUT2D eigenvalue weighted by Gasteiger charge is 2.21. The van der Waals surface area contributed by atoms with Crippen molar-refractivity contribution in [2.75, 3.05) is 0 Å². The Balaban J connectivity index is 1.05. The Bertz CT molecular complexity index is 3570. The van der Waals surface area contributed by atoms with Gasteiger partial charge in [-0.05, 0) is 74.8 Å². The quantitative estimate of drug-likeness (QED) is 0.162. The van der Waals surface area contributed by atoms with Gasteiger partial charge < -0.3 is 0 Å². The van der Waals surface area contributed by atoms with Crippen LogP contribution in [0.25, 0.3) is 111 Å². The van der Waals surface area contributed by atoms with Crippen LogP contribution in [0.5, 0.6) is 0 Å². The fourth-order valence-corrected chi connectivity index (χ4v) is 9.10. The molecule has 0 saturated heterocycles. The Morgan fingerprint density at radius 3 is 1.23 bits per heavy atom. The molecule has 0 saturated carbocycles. The third kappa shape index (κ3) is 5.98. The van der Waals surface area contributed by atoms with E-state index >= 15 is 0 Å². The highest BCUT2D eigenvalue weighted by molar-refractivity contribution is 6.11. The summed E-state index contributed by atoms with van der Waals surface area (Å²) in [6.07, 6.45) is 0. The van der Waals surface area contributed by atoms with Crippen LogP contribution in [0.3, 0.4) is 0 Å². The first-order valence-corrected chi connectivity index (χ1v) is 20.9. The van der Waals surface area contributed by atoms with Crippen LogP contribution in [0.4, 0.5) is 0 Å². The van der Waals surface area contributed by atoms with Gasteiger partial charge in [-0.15, -0.1) is 0 Å². The summed E-state index contributed by atoms with van der Waals surface area (Å²) in [5, 5.41) is 4.57. The SMILES string of the molecule is c1ccc(-c2cccc(-c3ccccc3-c3ccc(-c4nc(-n5c6ccccc6c6ccccc65)nc(-n5c6ccccc6c6ccc(-c7ccccc7)cc65)n4)cc3)c2)cc1. The molecule has 3 aromatic heterocycles. The third-order valence-electron chi connectivity index (χ3n) is 12.0. The molecule has 0 spiro atoms. The minimum atomic E-state index is 0.552. The van der Waals surface area contributed by atoms with Crippen LogP contribution >= 0.6 is 0 Å². The molecule has 0 amide bonds. The van der Waals surface area contributed by atoms with Gasteiger partial charge in [0.15, 0.2) is 5.82 Å². The standard InChI is InChI=1S/C57H37N5/c1-3-16-38(17-4-1)42-20-15-21-44(36-42)46-23-8-7-22-45(46)40-30-32-41(33-31-40)55-58-56(61-51-27-12-9-24-47(51)48-25-10-13-28-52(48)61)60-57(59-55)62-53-29-14-11-26-49(53)50-35-34-43(37-54(50)62)39-18-5-2-6-19-39/h1-37H. The minimum Gasteiger partial charge on any atom is -0.278 e. The Kier molecular flexibility index (Phi) is 8.42. The third-order valence-corrected chi connectivity index (χ3v) is 12.0. The van der Waals surface area contributed by atoms with Gasteiger partial charge in [0.25, 0.3) is 0 Å². The molecule has 0 unspecified atom stereocenters. The molecule has 290 valence electrons. The lowest BCUT2D eigenvalue weighted by atomic mass is 9.92. The molecule has 3 heterocycles. The van der Waals surface area contributed by atoms with Gasteiger partial charge in [-0.25, -0.2) is 0 Å². The zero-order valence-electron chi connectivity index (χ0n) is 33.6. The van der Waals surface area contributed by atoms with Crippen LogP contribution in [-0.4, -0.2) is 24.1 Å². The van der Waals surface area contributed by atoms with E-state index in [0.717, 1.165) is 71.4 Å². The van der Waals surface area contributed by atoms with Gasteiger partial charge >= 0.3 is 0 Å². The number of aromatic nitrogens is 5. The maximum absolute atomic E-state index is 5.39. The normalized spacial score (nSPS) is 11.5. The van der Waals surface area contributed by atoms with Gasteiger partial charge in [0, 0.05) is 27.1 Å². The van der Waals surface area contributed by atoms with E-state index in [1.165, 1.54) is 22.3 Å². The molecule has 0 bridgehead atoms. The van der Waals surface area contributed by atoms with Crippen LogP contribution < -0.4 is 0 Å². The average Bonchev–Trinajstić information content (AvgIpc) is 3.87. The summed E-state index contributed by atoms with van der Waals surface area (Å²) < 4.78 is 4.38. The van der Waals surface area contributed by atoms with Crippen LogP contribution in [-0.2, 0) is 0 Å². The van der Waals surface area contributed by atoms with Gasteiger partial charge in [-0.3, -0.25) is 9.13 Å². The summed E-state index contributed by atoms with van der Waals surface area (Å²) in [5.74, 6) is 1.70. The van der Waals surface area contributed by atoms with Crippen molar-refractivity contribution < 1.29 is 0 Å². The second-order valence-electron chi connectivity index (χ2n) is 15.6. The molecule has 5 nitrogen and oxygen atoms in total. The molecule has 0 aliphatic heterocycles. The molecule has 12 rings (SSSR count). The van der Waals surface area contributed by atoms with E-state index in [1.807, 2.05) is 0 Å². The van der Waals surface area contributed by atoms with E-state index in [4.69, 9.17) is 15.0 Å². The molecule has 0 fully saturated rings. The lowest BCUT2D eigenvalue weighted by Gasteiger charge is -2.14. The highest BCUT2D eigenvalue weighted by atomic mass is 15.3. The molecule has 0 atom stereocenters. The molecule has 0 aliphatic carbocycles. The average molecular weight is 792 g/mol. The largest absolute Gasteiger partial charge is 0.278 e.